The number of ether oxygens (including phenoxy) is 1. The van der Waals surface area contributed by atoms with Crippen LogP contribution in [0, 0.1) is 6.42 Å². The van der Waals surface area contributed by atoms with Gasteiger partial charge in [-0.25, -0.2) is 0 Å². The van der Waals surface area contributed by atoms with Crippen LogP contribution in [0.25, 0.3) is 0 Å². The Morgan fingerprint density at radius 2 is 2.00 bits per heavy atom. The monoisotopic (exact) mass is 216 g/mol. The third kappa shape index (κ3) is 2.57. The maximum Gasteiger partial charge on any atom is 0.119 e. The quantitative estimate of drug-likeness (QED) is 0.815. The number of hydrogen-bond donors (Lipinski definition) is 2. The molecule has 0 spiro atoms. The molecule has 3 N–H and O–H groups in total. The van der Waals surface area contributed by atoms with E-state index in [0.29, 0.717) is 18.7 Å². The van der Waals surface area contributed by atoms with Gasteiger partial charge in [0.1, 0.15) is 12.4 Å². The smallest absolute Gasteiger partial charge is 0.119 e. The molecule has 0 atom stereocenters. The Morgan fingerprint density at radius 3 is 2.69 bits per heavy atom. The third-order valence-electron chi connectivity index (χ3n) is 2.38. The minimum Gasteiger partial charge on any atom is -0.510 e. The first-order valence-corrected chi connectivity index (χ1v) is 5.15. The Balaban J connectivity index is 1.95. The van der Waals surface area contributed by atoms with Crippen molar-refractivity contribution in [2.45, 2.75) is 13.0 Å². The molecule has 0 fully saturated rings. The predicted molar refractivity (Wildman–Crippen MR) is 62.1 cm³/mol. The van der Waals surface area contributed by atoms with Gasteiger partial charge in [0.15, 0.2) is 0 Å². The number of allylic oxidation sites excluding steroid dienone is 3. The molecule has 3 nitrogen and oxygen atoms in total. The Morgan fingerprint density at radius 1 is 1.25 bits per heavy atom. The molecule has 0 aliphatic heterocycles. The van der Waals surface area contributed by atoms with Gasteiger partial charge in [0, 0.05) is 18.9 Å². The molecule has 1 aliphatic carbocycles. The van der Waals surface area contributed by atoms with Crippen LogP contribution in [0.5, 0.6) is 0 Å². The third-order valence-corrected chi connectivity index (χ3v) is 2.38. The van der Waals surface area contributed by atoms with Gasteiger partial charge in [-0.3, -0.25) is 0 Å². The van der Waals surface area contributed by atoms with Crippen LogP contribution >= 0.6 is 0 Å². The summed E-state index contributed by atoms with van der Waals surface area (Å²) < 4.78 is 5.59. The minimum atomic E-state index is 0.132. The molecule has 0 heterocycles. The molecular formula is C13H14NO2. The Hall–Kier alpha value is -1.90. The van der Waals surface area contributed by atoms with E-state index < -0.39 is 0 Å². The summed E-state index contributed by atoms with van der Waals surface area (Å²) in [5.41, 5.74) is 7.05. The molecule has 0 saturated carbocycles. The van der Waals surface area contributed by atoms with Crippen molar-refractivity contribution in [3.8, 4) is 0 Å². The van der Waals surface area contributed by atoms with Crippen LogP contribution < -0.4 is 5.73 Å². The standard InChI is InChI=1S/C13H14NO2/c14-12-8-11(6-7-13(12)15)16-9-10-4-2-1-3-5-10/h1-5,7-8,15H,6,9,14H2. The first-order chi connectivity index (χ1) is 7.75. The summed E-state index contributed by atoms with van der Waals surface area (Å²) in [6.45, 7) is 0.522. The van der Waals surface area contributed by atoms with Crippen LogP contribution in [0.1, 0.15) is 12.0 Å². The largest absolute Gasteiger partial charge is 0.510 e. The van der Waals surface area contributed by atoms with E-state index in [1.807, 2.05) is 30.3 Å². The van der Waals surface area contributed by atoms with Gasteiger partial charge in [0.2, 0.25) is 0 Å². The highest BCUT2D eigenvalue weighted by Crippen LogP contribution is 2.20. The van der Waals surface area contributed by atoms with Crippen molar-refractivity contribution in [3.63, 3.8) is 0 Å². The summed E-state index contributed by atoms with van der Waals surface area (Å²) in [6.07, 6.45) is 3.90. The van der Waals surface area contributed by atoms with Crippen molar-refractivity contribution in [3.05, 3.63) is 65.6 Å². The lowest BCUT2D eigenvalue weighted by atomic mass is 10.1. The molecule has 0 amide bonds. The van der Waals surface area contributed by atoms with Gasteiger partial charge in [-0.2, -0.15) is 0 Å². The zero-order valence-corrected chi connectivity index (χ0v) is 8.89. The van der Waals surface area contributed by atoms with Crippen molar-refractivity contribution in [2.75, 3.05) is 0 Å². The van der Waals surface area contributed by atoms with E-state index in [1.165, 1.54) is 0 Å². The Bertz CT molecular complexity index is 421. The molecule has 0 bridgehead atoms. The summed E-state index contributed by atoms with van der Waals surface area (Å²) in [4.78, 5) is 0. The average Bonchev–Trinajstić information content (AvgIpc) is 2.32. The maximum atomic E-state index is 9.28. The lowest BCUT2D eigenvalue weighted by molar-refractivity contribution is 0.190. The SMILES string of the molecule is NC1=C(O)[CH]CC(OCc2ccccc2)=C1. The van der Waals surface area contributed by atoms with Crippen LogP contribution in [-0.4, -0.2) is 5.11 Å². The second-order valence-corrected chi connectivity index (χ2v) is 3.63. The van der Waals surface area contributed by atoms with Crippen LogP contribution in [0.4, 0.5) is 0 Å². The average molecular weight is 216 g/mol. The fourth-order valence-corrected chi connectivity index (χ4v) is 1.47. The van der Waals surface area contributed by atoms with Crippen LogP contribution in [-0.2, 0) is 11.3 Å². The minimum absolute atomic E-state index is 0.132. The van der Waals surface area contributed by atoms with E-state index in [1.54, 1.807) is 12.5 Å². The van der Waals surface area contributed by atoms with E-state index in [-0.39, 0.29) is 5.76 Å². The van der Waals surface area contributed by atoms with Gasteiger partial charge in [0.25, 0.3) is 0 Å². The van der Waals surface area contributed by atoms with Gasteiger partial charge in [0.05, 0.1) is 11.5 Å². The number of aliphatic hydroxyl groups excluding tert-OH is 1. The van der Waals surface area contributed by atoms with Crippen molar-refractivity contribution in [2.24, 2.45) is 5.73 Å². The van der Waals surface area contributed by atoms with Crippen LogP contribution in [0.3, 0.4) is 0 Å². The predicted octanol–water partition coefficient (Wildman–Crippen LogP) is 2.42. The van der Waals surface area contributed by atoms with Gasteiger partial charge < -0.3 is 15.6 Å². The van der Waals surface area contributed by atoms with E-state index in [2.05, 4.69) is 0 Å². The second-order valence-electron chi connectivity index (χ2n) is 3.63. The molecule has 16 heavy (non-hydrogen) atoms. The molecule has 0 saturated heterocycles. The fraction of sp³-hybridized carbons (Fsp3) is 0.154. The number of hydrogen-bond acceptors (Lipinski definition) is 3. The number of aliphatic hydroxyl groups is 1. The molecule has 3 heteroatoms. The van der Waals surface area contributed by atoms with Crippen LogP contribution in [0.15, 0.2) is 53.6 Å². The van der Waals surface area contributed by atoms with E-state index in [0.717, 1.165) is 11.3 Å². The molecule has 1 radical (unpaired) electrons. The summed E-state index contributed by atoms with van der Waals surface area (Å²) >= 11 is 0. The molecule has 0 aromatic heterocycles. The van der Waals surface area contributed by atoms with E-state index in [9.17, 15) is 5.11 Å². The molecule has 0 unspecified atom stereocenters. The highest BCUT2D eigenvalue weighted by molar-refractivity contribution is 5.31. The summed E-state index contributed by atoms with van der Waals surface area (Å²) in [7, 11) is 0. The number of benzene rings is 1. The maximum absolute atomic E-state index is 9.28. The van der Waals surface area contributed by atoms with Crippen molar-refractivity contribution in [1.29, 1.82) is 0 Å². The molecule has 1 aliphatic rings. The van der Waals surface area contributed by atoms with Gasteiger partial charge in [-0.1, -0.05) is 30.3 Å². The first kappa shape index (κ1) is 10.6. The van der Waals surface area contributed by atoms with Gasteiger partial charge in [-0.15, -0.1) is 0 Å². The topological polar surface area (TPSA) is 55.5 Å². The Labute approximate surface area is 94.8 Å². The molecular weight excluding hydrogens is 202 g/mol. The molecule has 1 aromatic rings. The molecule has 2 rings (SSSR count). The molecule has 83 valence electrons. The second kappa shape index (κ2) is 4.75. The lowest BCUT2D eigenvalue weighted by Crippen LogP contribution is -2.08. The van der Waals surface area contributed by atoms with Gasteiger partial charge in [-0.05, 0) is 5.56 Å². The normalized spacial score (nSPS) is 15.9. The van der Waals surface area contributed by atoms with Crippen molar-refractivity contribution >= 4 is 0 Å². The van der Waals surface area contributed by atoms with E-state index >= 15 is 0 Å². The zero-order valence-electron chi connectivity index (χ0n) is 8.89. The summed E-state index contributed by atoms with van der Waals surface area (Å²) in [5.74, 6) is 0.909. The molecule has 1 aromatic carbocycles. The fourth-order valence-electron chi connectivity index (χ4n) is 1.47. The van der Waals surface area contributed by atoms with E-state index in [4.69, 9.17) is 10.5 Å². The summed E-state index contributed by atoms with van der Waals surface area (Å²) in [5, 5.41) is 9.28. The highest BCUT2D eigenvalue weighted by atomic mass is 16.5. The first-order valence-electron chi connectivity index (χ1n) is 5.15. The van der Waals surface area contributed by atoms with Crippen molar-refractivity contribution < 1.29 is 9.84 Å². The zero-order chi connectivity index (χ0) is 11.4. The highest BCUT2D eigenvalue weighted by Gasteiger charge is 2.11. The van der Waals surface area contributed by atoms with Crippen LogP contribution in [0.2, 0.25) is 0 Å². The van der Waals surface area contributed by atoms with Gasteiger partial charge >= 0.3 is 0 Å². The lowest BCUT2D eigenvalue weighted by Gasteiger charge is -2.15. The number of nitrogens with two attached hydrogens (primary N) is 1. The Kier molecular flexibility index (Phi) is 3.15. The summed E-state index contributed by atoms with van der Waals surface area (Å²) in [6, 6.07) is 9.92. The number of rotatable bonds is 3. The van der Waals surface area contributed by atoms with Crippen molar-refractivity contribution in [1.82, 2.24) is 0 Å².